The summed E-state index contributed by atoms with van der Waals surface area (Å²) in [5, 5.41) is 0.907. The van der Waals surface area contributed by atoms with Crippen LogP contribution in [0.4, 0.5) is 0 Å². The third kappa shape index (κ3) is 2.96. The molecule has 1 aromatic heterocycles. The predicted molar refractivity (Wildman–Crippen MR) is 88.0 cm³/mol. The lowest BCUT2D eigenvalue weighted by Gasteiger charge is -2.28. The van der Waals surface area contributed by atoms with Crippen molar-refractivity contribution in [3.63, 3.8) is 0 Å². The second-order valence-corrected chi connectivity index (χ2v) is 7.71. The van der Waals surface area contributed by atoms with E-state index in [1.807, 2.05) is 0 Å². The van der Waals surface area contributed by atoms with Crippen LogP contribution in [0.3, 0.4) is 0 Å². The Hall–Kier alpha value is -0.350. The van der Waals surface area contributed by atoms with Gasteiger partial charge in [0, 0.05) is 22.8 Å². The summed E-state index contributed by atoms with van der Waals surface area (Å²) in [5.41, 5.74) is 1.44. The van der Waals surface area contributed by atoms with Gasteiger partial charge in [0.05, 0.1) is 4.88 Å². The molecule has 110 valence electrons. The lowest BCUT2D eigenvalue weighted by atomic mass is 9.99. The summed E-state index contributed by atoms with van der Waals surface area (Å²) in [6.45, 7) is 0.928. The Bertz CT molecular complexity index is 461. The number of thiophene rings is 1. The van der Waals surface area contributed by atoms with Gasteiger partial charge in [-0.3, -0.25) is 4.79 Å². The van der Waals surface area contributed by atoms with Gasteiger partial charge in [0.25, 0.3) is 5.91 Å². The molecular weight excluding hydrogens is 334 g/mol. The zero-order chi connectivity index (χ0) is 13.9. The van der Waals surface area contributed by atoms with E-state index < -0.39 is 0 Å². The van der Waals surface area contributed by atoms with Gasteiger partial charge in [0.1, 0.15) is 0 Å². The van der Waals surface area contributed by atoms with Gasteiger partial charge in [0.2, 0.25) is 0 Å². The monoisotopic (exact) mass is 355 g/mol. The number of nitrogens with zero attached hydrogens (tertiary/aromatic N) is 1. The highest BCUT2D eigenvalue weighted by Gasteiger charge is 2.27. The first-order chi connectivity index (χ1) is 9.79. The number of fused-ring (bicyclic) bond motifs is 1. The molecule has 4 heteroatoms. The molecular formula is C16H22BrNOS. The van der Waals surface area contributed by atoms with E-state index in [-0.39, 0.29) is 5.91 Å². The topological polar surface area (TPSA) is 20.3 Å². The molecule has 1 saturated heterocycles. The number of hydrogen-bond acceptors (Lipinski definition) is 2. The highest BCUT2D eigenvalue weighted by Crippen LogP contribution is 2.31. The van der Waals surface area contributed by atoms with E-state index in [1.165, 1.54) is 49.0 Å². The lowest BCUT2D eigenvalue weighted by Crippen LogP contribution is -2.40. The van der Waals surface area contributed by atoms with E-state index in [9.17, 15) is 4.79 Å². The van der Waals surface area contributed by atoms with Gasteiger partial charge in [0.15, 0.2) is 0 Å². The number of amides is 1. The smallest absolute Gasteiger partial charge is 0.264 e. The third-order valence-corrected chi connectivity index (χ3v) is 6.50. The summed E-state index contributed by atoms with van der Waals surface area (Å²) in [5.74, 6) is 0.274. The largest absolute Gasteiger partial charge is 0.334 e. The van der Waals surface area contributed by atoms with Gasteiger partial charge in [-0.15, -0.1) is 11.3 Å². The molecule has 0 spiro atoms. The van der Waals surface area contributed by atoms with Crippen molar-refractivity contribution in [1.29, 1.82) is 0 Å². The Labute approximate surface area is 133 Å². The van der Waals surface area contributed by atoms with Crippen molar-refractivity contribution in [3.05, 3.63) is 21.4 Å². The van der Waals surface area contributed by atoms with Gasteiger partial charge in [-0.05, 0) is 50.2 Å². The van der Waals surface area contributed by atoms with Crippen molar-refractivity contribution in [2.75, 3.05) is 11.9 Å². The van der Waals surface area contributed by atoms with E-state index in [0.717, 1.165) is 29.6 Å². The van der Waals surface area contributed by atoms with Crippen LogP contribution in [0.2, 0.25) is 0 Å². The van der Waals surface area contributed by atoms with Crippen molar-refractivity contribution in [1.82, 2.24) is 4.90 Å². The highest BCUT2D eigenvalue weighted by atomic mass is 79.9. The first kappa shape index (κ1) is 14.6. The van der Waals surface area contributed by atoms with Crippen LogP contribution in [0, 0.1) is 0 Å². The Morgan fingerprint density at radius 2 is 2.10 bits per heavy atom. The van der Waals surface area contributed by atoms with Crippen LogP contribution in [0.5, 0.6) is 0 Å². The number of carbonyl (C=O) groups is 1. The molecule has 1 aromatic rings. The van der Waals surface area contributed by atoms with Crippen molar-refractivity contribution in [2.24, 2.45) is 0 Å². The minimum absolute atomic E-state index is 0.274. The lowest BCUT2D eigenvalue weighted by molar-refractivity contribution is 0.0707. The molecule has 2 heterocycles. The van der Waals surface area contributed by atoms with Crippen LogP contribution in [-0.4, -0.2) is 28.7 Å². The first-order valence-corrected chi connectivity index (χ1v) is 9.72. The Morgan fingerprint density at radius 3 is 2.90 bits per heavy atom. The van der Waals surface area contributed by atoms with E-state index in [1.54, 1.807) is 11.3 Å². The quantitative estimate of drug-likeness (QED) is 0.719. The van der Waals surface area contributed by atoms with Gasteiger partial charge in [-0.25, -0.2) is 0 Å². The van der Waals surface area contributed by atoms with E-state index in [0.29, 0.717) is 6.04 Å². The zero-order valence-electron chi connectivity index (χ0n) is 11.9. The maximum Gasteiger partial charge on any atom is 0.264 e. The van der Waals surface area contributed by atoms with Crippen LogP contribution in [0.1, 0.15) is 58.6 Å². The number of hydrogen-bond donors (Lipinski definition) is 0. The molecule has 0 aromatic carbocycles. The minimum atomic E-state index is 0.274. The van der Waals surface area contributed by atoms with E-state index in [2.05, 4.69) is 26.9 Å². The van der Waals surface area contributed by atoms with Crippen molar-refractivity contribution >= 4 is 33.2 Å². The van der Waals surface area contributed by atoms with Crippen LogP contribution in [0.25, 0.3) is 0 Å². The average molecular weight is 356 g/mol. The second-order valence-electron chi connectivity index (χ2n) is 5.92. The Kier molecular flexibility index (Phi) is 4.82. The molecule has 0 radical (unpaired) electrons. The maximum absolute atomic E-state index is 12.9. The second kappa shape index (κ2) is 6.61. The zero-order valence-corrected chi connectivity index (χ0v) is 14.3. The van der Waals surface area contributed by atoms with Gasteiger partial charge < -0.3 is 4.90 Å². The van der Waals surface area contributed by atoms with Crippen LogP contribution in [0.15, 0.2) is 6.07 Å². The Morgan fingerprint density at radius 1 is 1.25 bits per heavy atom. The number of halogens is 1. The minimum Gasteiger partial charge on any atom is -0.334 e. The maximum atomic E-state index is 12.9. The summed E-state index contributed by atoms with van der Waals surface area (Å²) in [7, 11) is 0. The number of likely N-dealkylation sites (tertiary alicyclic amines) is 1. The van der Waals surface area contributed by atoms with E-state index in [4.69, 9.17) is 0 Å². The summed E-state index contributed by atoms with van der Waals surface area (Å²) in [6.07, 6.45) is 9.72. The molecule has 2 aliphatic rings. The molecule has 20 heavy (non-hydrogen) atoms. The van der Waals surface area contributed by atoms with Gasteiger partial charge >= 0.3 is 0 Å². The van der Waals surface area contributed by atoms with Crippen molar-refractivity contribution in [2.45, 2.75) is 57.4 Å². The average Bonchev–Trinajstić information content (AvgIpc) is 2.77. The molecule has 0 N–H and O–H groups in total. The van der Waals surface area contributed by atoms with Crippen molar-refractivity contribution in [3.8, 4) is 0 Å². The van der Waals surface area contributed by atoms with Crippen LogP contribution < -0.4 is 0 Å². The SMILES string of the molecule is O=C(c1cc2c(s1)CCCC2)N1CCCCCC1CBr. The molecule has 1 atom stereocenters. The summed E-state index contributed by atoms with van der Waals surface area (Å²) in [6, 6.07) is 2.56. The van der Waals surface area contributed by atoms with Gasteiger partial charge in [-0.2, -0.15) is 0 Å². The van der Waals surface area contributed by atoms with Crippen LogP contribution in [-0.2, 0) is 12.8 Å². The number of rotatable bonds is 2. The third-order valence-electron chi connectivity index (χ3n) is 4.52. The molecule has 0 saturated carbocycles. The van der Waals surface area contributed by atoms with Gasteiger partial charge in [-0.1, -0.05) is 28.8 Å². The first-order valence-electron chi connectivity index (χ1n) is 7.78. The molecule has 1 amide bonds. The fourth-order valence-electron chi connectivity index (χ4n) is 3.34. The fourth-order valence-corrected chi connectivity index (χ4v) is 5.23. The van der Waals surface area contributed by atoms with Crippen LogP contribution >= 0.6 is 27.3 Å². The number of alkyl halides is 1. The number of aryl methyl sites for hydroxylation is 2. The highest BCUT2D eigenvalue weighted by molar-refractivity contribution is 9.09. The molecule has 1 aliphatic carbocycles. The molecule has 1 unspecified atom stereocenters. The Balaban J connectivity index is 1.81. The van der Waals surface area contributed by atoms with E-state index >= 15 is 0 Å². The normalized spacial score (nSPS) is 23.2. The molecule has 1 fully saturated rings. The summed E-state index contributed by atoms with van der Waals surface area (Å²) >= 11 is 5.34. The summed E-state index contributed by atoms with van der Waals surface area (Å²) < 4.78 is 0. The number of carbonyl (C=O) groups excluding carboxylic acids is 1. The fraction of sp³-hybridized carbons (Fsp3) is 0.688. The van der Waals surface area contributed by atoms with Crippen molar-refractivity contribution < 1.29 is 4.79 Å². The summed E-state index contributed by atoms with van der Waals surface area (Å²) in [4.78, 5) is 17.4. The molecule has 3 rings (SSSR count). The molecule has 0 bridgehead atoms. The molecule has 2 nitrogen and oxygen atoms in total. The standard InChI is InChI=1S/C16H22BrNOS/c17-11-13-7-2-1-5-9-18(13)16(19)15-10-12-6-3-4-8-14(12)20-15/h10,13H,1-9,11H2. The molecule has 1 aliphatic heterocycles. The predicted octanol–water partition coefficient (Wildman–Crippen LogP) is 4.41.